The van der Waals surface area contributed by atoms with Crippen molar-refractivity contribution < 1.29 is 5.11 Å². The van der Waals surface area contributed by atoms with E-state index in [0.717, 1.165) is 30.6 Å². The second-order valence-corrected chi connectivity index (χ2v) is 8.34. The van der Waals surface area contributed by atoms with Crippen LogP contribution < -0.4 is 0 Å². The second kappa shape index (κ2) is 4.22. The lowest BCUT2D eigenvalue weighted by molar-refractivity contribution is -0.0263. The minimum absolute atomic E-state index is 0.0760. The molecule has 2 fully saturated rings. The quantitative estimate of drug-likeness (QED) is 0.645. The average molecular weight is 272 g/mol. The summed E-state index contributed by atoms with van der Waals surface area (Å²) in [6, 6.07) is 0. The first-order valence-electron chi connectivity index (χ1n) is 8.58. The van der Waals surface area contributed by atoms with Gasteiger partial charge in [-0.25, -0.2) is 0 Å². The topological polar surface area (TPSA) is 20.2 Å². The predicted molar refractivity (Wildman–Crippen MR) is 82.2 cm³/mol. The normalized spacial score (nSPS) is 53.9. The van der Waals surface area contributed by atoms with Gasteiger partial charge >= 0.3 is 0 Å². The van der Waals surface area contributed by atoms with Crippen LogP contribution in [0.2, 0.25) is 0 Å². The predicted octanol–water partition coefficient (Wildman–Crippen LogP) is 4.48. The first kappa shape index (κ1) is 13.1. The molecule has 0 heterocycles. The van der Waals surface area contributed by atoms with Crippen LogP contribution in [0.5, 0.6) is 0 Å². The molecule has 0 radical (unpaired) electrons. The van der Waals surface area contributed by atoms with Gasteiger partial charge < -0.3 is 5.11 Å². The number of allylic oxidation sites excluding steroid dienone is 3. The Kier molecular flexibility index (Phi) is 2.77. The number of hydrogen-bond acceptors (Lipinski definition) is 1. The second-order valence-electron chi connectivity index (χ2n) is 8.34. The van der Waals surface area contributed by atoms with Crippen molar-refractivity contribution in [3.8, 4) is 0 Å². The summed E-state index contributed by atoms with van der Waals surface area (Å²) in [5.74, 6) is 2.63. The first-order valence-corrected chi connectivity index (χ1v) is 8.58. The van der Waals surface area contributed by atoms with E-state index < -0.39 is 0 Å². The first-order chi connectivity index (χ1) is 9.53. The Labute approximate surface area is 123 Å². The molecule has 4 aliphatic carbocycles. The van der Waals surface area contributed by atoms with Gasteiger partial charge in [0.15, 0.2) is 0 Å². The molecule has 0 aromatic rings. The standard InChI is InChI=1S/C19H28O/c1-18-9-3-4-16(18)15-6-5-13-12-14(20)7-11-19(13,2)17(15)8-10-18/h3,5,9,14-17,20H,4,6-8,10-12H2,1-2H3/t14?,15?,16?,17?,18-,19-/m0/s1. The van der Waals surface area contributed by atoms with E-state index in [-0.39, 0.29) is 6.10 Å². The zero-order chi connectivity index (χ0) is 14.0. The van der Waals surface area contributed by atoms with E-state index >= 15 is 0 Å². The summed E-state index contributed by atoms with van der Waals surface area (Å²) in [6.45, 7) is 5.00. The van der Waals surface area contributed by atoms with E-state index in [0.29, 0.717) is 10.8 Å². The molecule has 0 aliphatic heterocycles. The summed E-state index contributed by atoms with van der Waals surface area (Å²) in [7, 11) is 0. The maximum absolute atomic E-state index is 10.00. The van der Waals surface area contributed by atoms with Gasteiger partial charge in [-0.3, -0.25) is 0 Å². The Bertz CT molecular complexity index is 476. The Hall–Kier alpha value is -0.560. The minimum Gasteiger partial charge on any atom is -0.393 e. The third kappa shape index (κ3) is 1.65. The van der Waals surface area contributed by atoms with Crippen LogP contribution in [0.15, 0.2) is 23.8 Å². The molecule has 1 N–H and O–H groups in total. The van der Waals surface area contributed by atoms with E-state index in [9.17, 15) is 5.11 Å². The van der Waals surface area contributed by atoms with E-state index in [1.54, 1.807) is 5.57 Å². The molecule has 110 valence electrons. The molecule has 1 nitrogen and oxygen atoms in total. The summed E-state index contributed by atoms with van der Waals surface area (Å²) in [4.78, 5) is 0. The maximum Gasteiger partial charge on any atom is 0.0577 e. The lowest BCUT2D eigenvalue weighted by atomic mass is 9.48. The van der Waals surface area contributed by atoms with Crippen molar-refractivity contribution in [1.82, 2.24) is 0 Å². The van der Waals surface area contributed by atoms with E-state index in [2.05, 4.69) is 32.1 Å². The molecule has 0 spiro atoms. The van der Waals surface area contributed by atoms with Crippen LogP contribution in [0, 0.1) is 28.6 Å². The smallest absolute Gasteiger partial charge is 0.0577 e. The largest absolute Gasteiger partial charge is 0.393 e. The Morgan fingerprint density at radius 1 is 1.10 bits per heavy atom. The summed E-state index contributed by atoms with van der Waals surface area (Å²) in [5, 5.41) is 10.00. The Morgan fingerprint density at radius 3 is 2.80 bits per heavy atom. The van der Waals surface area contributed by atoms with Gasteiger partial charge in [0.1, 0.15) is 0 Å². The molecule has 0 bridgehead atoms. The zero-order valence-electron chi connectivity index (χ0n) is 12.9. The summed E-state index contributed by atoms with van der Waals surface area (Å²) < 4.78 is 0. The Morgan fingerprint density at radius 2 is 1.95 bits per heavy atom. The zero-order valence-corrected chi connectivity index (χ0v) is 12.9. The number of aliphatic hydroxyl groups excluding tert-OH is 1. The number of hydrogen-bond donors (Lipinski definition) is 1. The van der Waals surface area contributed by atoms with E-state index in [1.165, 1.54) is 32.1 Å². The highest BCUT2D eigenvalue weighted by Gasteiger charge is 2.54. The number of aliphatic hydroxyl groups is 1. The molecule has 0 saturated heterocycles. The van der Waals surface area contributed by atoms with Gasteiger partial charge in [-0.15, -0.1) is 0 Å². The van der Waals surface area contributed by atoms with E-state index in [1.807, 2.05) is 0 Å². The monoisotopic (exact) mass is 272 g/mol. The van der Waals surface area contributed by atoms with Crippen LogP contribution in [0.25, 0.3) is 0 Å². The van der Waals surface area contributed by atoms with Gasteiger partial charge in [0.25, 0.3) is 0 Å². The lowest BCUT2D eigenvalue weighted by Gasteiger charge is -2.57. The van der Waals surface area contributed by atoms with Crippen molar-refractivity contribution in [2.45, 2.75) is 64.9 Å². The molecule has 0 aromatic heterocycles. The van der Waals surface area contributed by atoms with Crippen molar-refractivity contribution in [1.29, 1.82) is 0 Å². The molecular formula is C19H28O. The lowest BCUT2D eigenvalue weighted by Crippen LogP contribution is -2.49. The summed E-state index contributed by atoms with van der Waals surface area (Å²) >= 11 is 0. The third-order valence-electron chi connectivity index (χ3n) is 7.40. The van der Waals surface area contributed by atoms with Gasteiger partial charge in [-0.05, 0) is 73.5 Å². The van der Waals surface area contributed by atoms with Gasteiger partial charge in [0, 0.05) is 0 Å². The van der Waals surface area contributed by atoms with Crippen LogP contribution in [-0.4, -0.2) is 11.2 Å². The molecule has 1 heteroatoms. The van der Waals surface area contributed by atoms with Gasteiger partial charge in [0.2, 0.25) is 0 Å². The fourth-order valence-electron chi connectivity index (χ4n) is 6.12. The molecule has 0 aromatic carbocycles. The van der Waals surface area contributed by atoms with Crippen LogP contribution in [0.1, 0.15) is 58.8 Å². The van der Waals surface area contributed by atoms with Crippen molar-refractivity contribution in [3.63, 3.8) is 0 Å². The SMILES string of the molecule is C[C@@]12C=CCC1C1CC=C3CC(O)CC[C@]3(C)C1CC2. The van der Waals surface area contributed by atoms with Crippen LogP contribution in [-0.2, 0) is 0 Å². The highest BCUT2D eigenvalue weighted by atomic mass is 16.3. The molecule has 4 aliphatic rings. The Balaban J connectivity index is 1.68. The molecule has 2 saturated carbocycles. The van der Waals surface area contributed by atoms with Crippen molar-refractivity contribution >= 4 is 0 Å². The molecule has 4 rings (SSSR count). The summed E-state index contributed by atoms with van der Waals surface area (Å²) in [5.41, 5.74) is 2.47. The van der Waals surface area contributed by atoms with Crippen LogP contribution in [0.4, 0.5) is 0 Å². The molecule has 0 amide bonds. The highest BCUT2D eigenvalue weighted by molar-refractivity contribution is 5.26. The van der Waals surface area contributed by atoms with Crippen molar-refractivity contribution in [3.05, 3.63) is 23.8 Å². The molecule has 6 atom stereocenters. The molecule has 20 heavy (non-hydrogen) atoms. The number of rotatable bonds is 0. The van der Waals surface area contributed by atoms with Crippen LogP contribution in [0.3, 0.4) is 0 Å². The average Bonchev–Trinajstić information content (AvgIpc) is 2.81. The molecular weight excluding hydrogens is 244 g/mol. The molecule has 4 unspecified atom stereocenters. The van der Waals surface area contributed by atoms with Gasteiger partial charge in [-0.1, -0.05) is 37.6 Å². The third-order valence-corrected chi connectivity index (χ3v) is 7.40. The fraction of sp³-hybridized carbons (Fsp3) is 0.789. The van der Waals surface area contributed by atoms with Gasteiger partial charge in [0.05, 0.1) is 6.10 Å². The van der Waals surface area contributed by atoms with E-state index in [4.69, 9.17) is 0 Å². The number of fused-ring (bicyclic) bond motifs is 5. The highest BCUT2D eigenvalue weighted by Crippen LogP contribution is 2.63. The summed E-state index contributed by atoms with van der Waals surface area (Å²) in [6.07, 6.45) is 15.9. The minimum atomic E-state index is -0.0760. The fourth-order valence-corrected chi connectivity index (χ4v) is 6.12. The van der Waals surface area contributed by atoms with Crippen molar-refractivity contribution in [2.75, 3.05) is 0 Å². The van der Waals surface area contributed by atoms with Crippen molar-refractivity contribution in [2.24, 2.45) is 28.6 Å². The maximum atomic E-state index is 10.00. The van der Waals surface area contributed by atoms with Crippen LogP contribution >= 0.6 is 0 Å². The van der Waals surface area contributed by atoms with Gasteiger partial charge in [-0.2, -0.15) is 0 Å².